The molecule has 6 heterocycles. The van der Waals surface area contributed by atoms with Gasteiger partial charge < -0.3 is 34.1 Å². The summed E-state index contributed by atoms with van der Waals surface area (Å²) in [7, 11) is 0. The Morgan fingerprint density at radius 3 is 2.62 bits per heavy atom. The van der Waals surface area contributed by atoms with Gasteiger partial charge in [-0.2, -0.15) is 0 Å². The van der Waals surface area contributed by atoms with E-state index in [0.29, 0.717) is 18.9 Å². The van der Waals surface area contributed by atoms with E-state index in [2.05, 4.69) is 37.5 Å². The van der Waals surface area contributed by atoms with Crippen LogP contribution in [0.2, 0.25) is 0 Å². The molecule has 7 rings (SSSR count). The van der Waals surface area contributed by atoms with Gasteiger partial charge in [0.05, 0.1) is 11.4 Å². The molecule has 2 aromatic heterocycles. The monoisotopic (exact) mass is 652 g/mol. The number of amides is 1. The highest BCUT2D eigenvalue weighted by molar-refractivity contribution is 14.1. The standard InChI is InChI=1S/C27H37IN6O5/c1-24(2,3)38-23(35)32-11-8-26(9-12-32)7-6-10-34(26)17-18-27(17)19(37-25(4,5)39-27)22(36-18)33-13-15(28)16-20(29)30-14-31-21(16)33/h13-14,17-19,22H,6-12H2,1-5H3,(H2,29,30,31)/t17?,18-,19+,22-,27-/m1/s1. The van der Waals surface area contributed by atoms with Gasteiger partial charge in [0, 0.05) is 28.4 Å². The minimum atomic E-state index is -0.725. The molecule has 1 aliphatic carbocycles. The summed E-state index contributed by atoms with van der Waals surface area (Å²) in [6, 6.07) is 0.108. The Hall–Kier alpha value is -1.74. The number of nitrogens with zero attached hydrogens (tertiary/aromatic N) is 5. The lowest BCUT2D eigenvalue weighted by molar-refractivity contribution is -0.183. The van der Waals surface area contributed by atoms with Crippen molar-refractivity contribution in [2.45, 2.75) is 107 Å². The molecule has 39 heavy (non-hydrogen) atoms. The molecular weight excluding hydrogens is 615 g/mol. The summed E-state index contributed by atoms with van der Waals surface area (Å²) < 4.78 is 28.8. The molecule has 2 N–H and O–H groups in total. The van der Waals surface area contributed by atoms with Crippen molar-refractivity contribution in [2.24, 2.45) is 0 Å². The SMILES string of the molecule is CC(C)(C)OC(=O)N1CCC2(CCCN2C2[C@H]3O[C@@H](n4cc(I)c5c(N)ncnc54)[C@@H]4OC(C)(C)O[C@]234)CC1. The van der Waals surface area contributed by atoms with Gasteiger partial charge in [0.25, 0.3) is 0 Å². The first kappa shape index (κ1) is 26.2. The molecule has 0 bridgehead atoms. The van der Waals surface area contributed by atoms with Crippen molar-refractivity contribution in [3.05, 3.63) is 16.1 Å². The number of likely N-dealkylation sites (tertiary alicyclic amines) is 2. The predicted octanol–water partition coefficient (Wildman–Crippen LogP) is 3.65. The topological polar surface area (TPSA) is 117 Å². The average Bonchev–Trinajstić information content (AvgIpc) is 3.23. The van der Waals surface area contributed by atoms with Crippen LogP contribution >= 0.6 is 22.6 Å². The van der Waals surface area contributed by atoms with Crippen molar-refractivity contribution in [3.63, 3.8) is 0 Å². The predicted molar refractivity (Wildman–Crippen MR) is 151 cm³/mol. The van der Waals surface area contributed by atoms with Crippen molar-refractivity contribution in [2.75, 3.05) is 25.4 Å². The van der Waals surface area contributed by atoms with E-state index in [1.165, 1.54) is 6.33 Å². The van der Waals surface area contributed by atoms with Crippen LogP contribution in [0.25, 0.3) is 11.0 Å². The number of ether oxygens (including phenoxy) is 4. The van der Waals surface area contributed by atoms with E-state index >= 15 is 0 Å². The first-order valence-corrected chi connectivity index (χ1v) is 15.0. The number of nitrogen functional groups attached to an aromatic ring is 1. The number of hydrogen-bond acceptors (Lipinski definition) is 9. The Morgan fingerprint density at radius 2 is 1.90 bits per heavy atom. The lowest BCUT2D eigenvalue weighted by Crippen LogP contribution is -2.56. The minimum Gasteiger partial charge on any atom is -0.444 e. The van der Waals surface area contributed by atoms with Crippen LogP contribution in [0.5, 0.6) is 0 Å². The van der Waals surface area contributed by atoms with Crippen molar-refractivity contribution < 1.29 is 23.7 Å². The summed E-state index contributed by atoms with van der Waals surface area (Å²) in [5.74, 6) is -0.267. The summed E-state index contributed by atoms with van der Waals surface area (Å²) in [6.45, 7) is 12.1. The van der Waals surface area contributed by atoms with E-state index in [1.807, 2.05) is 50.3 Å². The Bertz CT molecular complexity index is 1330. The zero-order valence-corrected chi connectivity index (χ0v) is 25.3. The molecule has 5 fully saturated rings. The number of hydrogen-bond donors (Lipinski definition) is 1. The van der Waals surface area contributed by atoms with E-state index in [9.17, 15) is 4.79 Å². The van der Waals surface area contributed by atoms with Crippen LogP contribution in [0.4, 0.5) is 10.6 Å². The third kappa shape index (κ3) is 3.84. The van der Waals surface area contributed by atoms with Crippen LogP contribution in [-0.4, -0.2) is 90.8 Å². The number of nitrogens with two attached hydrogens (primary N) is 1. The largest absolute Gasteiger partial charge is 0.444 e. The van der Waals surface area contributed by atoms with Crippen molar-refractivity contribution in [1.29, 1.82) is 0 Å². The van der Waals surface area contributed by atoms with Gasteiger partial charge in [0.2, 0.25) is 0 Å². The maximum absolute atomic E-state index is 12.7. The van der Waals surface area contributed by atoms with Crippen molar-refractivity contribution >= 4 is 45.5 Å². The fourth-order valence-electron chi connectivity index (χ4n) is 7.61. The fourth-order valence-corrected chi connectivity index (χ4v) is 8.43. The van der Waals surface area contributed by atoms with Crippen molar-refractivity contribution in [1.82, 2.24) is 24.3 Å². The molecule has 0 radical (unpaired) electrons. The summed E-state index contributed by atoms with van der Waals surface area (Å²) in [4.78, 5) is 25.9. The molecule has 2 aromatic rings. The smallest absolute Gasteiger partial charge is 0.410 e. The van der Waals surface area contributed by atoms with E-state index in [-0.39, 0.29) is 36.1 Å². The van der Waals surface area contributed by atoms with Crippen LogP contribution in [-0.2, 0) is 18.9 Å². The molecule has 1 amide bonds. The molecular formula is C27H37IN6O5. The first-order chi connectivity index (χ1) is 18.4. The number of carbonyl (C=O) groups is 1. The maximum Gasteiger partial charge on any atom is 0.410 e. The molecule has 0 aromatic carbocycles. The Kier molecular flexibility index (Phi) is 5.64. The quantitative estimate of drug-likeness (QED) is 0.486. The molecule has 5 atom stereocenters. The number of piperidine rings is 1. The van der Waals surface area contributed by atoms with Crippen LogP contribution in [0.1, 0.15) is 66.5 Å². The van der Waals surface area contributed by atoms with Gasteiger partial charge in [-0.15, -0.1) is 0 Å². The highest BCUT2D eigenvalue weighted by Gasteiger charge is 2.85. The number of fused-ring (bicyclic) bond motifs is 1. The molecule has 12 heteroatoms. The van der Waals surface area contributed by atoms with E-state index in [0.717, 1.165) is 46.8 Å². The Balaban J connectivity index is 1.15. The van der Waals surface area contributed by atoms with E-state index in [1.54, 1.807) is 0 Å². The molecule has 1 unspecified atom stereocenters. The van der Waals surface area contributed by atoms with Gasteiger partial charge >= 0.3 is 6.09 Å². The molecule has 11 nitrogen and oxygen atoms in total. The third-order valence-electron chi connectivity index (χ3n) is 9.11. The molecule has 5 aliphatic rings. The summed E-state index contributed by atoms with van der Waals surface area (Å²) in [5.41, 5.74) is 5.92. The molecule has 212 valence electrons. The first-order valence-electron chi connectivity index (χ1n) is 13.9. The number of anilines is 1. The highest BCUT2D eigenvalue weighted by atomic mass is 127. The molecule has 1 saturated carbocycles. The highest BCUT2D eigenvalue weighted by Crippen LogP contribution is 2.67. The summed E-state index contributed by atoms with van der Waals surface area (Å²) in [5, 5.41) is 0.835. The zero-order valence-electron chi connectivity index (χ0n) is 23.1. The maximum atomic E-state index is 12.7. The normalized spacial score (nSPS) is 35.0. The molecule has 4 aliphatic heterocycles. The number of carbonyl (C=O) groups excluding carboxylic acids is 1. The number of halogens is 1. The summed E-state index contributed by atoms with van der Waals surface area (Å²) >= 11 is 2.27. The van der Waals surface area contributed by atoms with Crippen LogP contribution < -0.4 is 5.73 Å². The summed E-state index contributed by atoms with van der Waals surface area (Å²) in [6.07, 6.45) is 6.60. The second kappa shape index (κ2) is 8.40. The lowest BCUT2D eigenvalue weighted by atomic mass is 9.84. The van der Waals surface area contributed by atoms with Crippen molar-refractivity contribution in [3.8, 4) is 0 Å². The molecule has 4 saturated heterocycles. The lowest BCUT2D eigenvalue weighted by Gasteiger charge is -2.46. The van der Waals surface area contributed by atoms with Gasteiger partial charge in [-0.1, -0.05) is 0 Å². The zero-order chi connectivity index (χ0) is 27.5. The van der Waals surface area contributed by atoms with Gasteiger partial charge in [-0.25, -0.2) is 14.8 Å². The second-order valence-corrected chi connectivity index (χ2v) is 14.3. The average molecular weight is 653 g/mol. The van der Waals surface area contributed by atoms with E-state index in [4.69, 9.17) is 24.7 Å². The Labute approximate surface area is 241 Å². The van der Waals surface area contributed by atoms with E-state index < -0.39 is 17.0 Å². The molecule has 2 spiro atoms. The van der Waals surface area contributed by atoms with Gasteiger partial charge in [0.1, 0.15) is 41.2 Å². The number of aromatic nitrogens is 3. The number of rotatable bonds is 2. The van der Waals surface area contributed by atoms with Crippen LogP contribution in [0, 0.1) is 3.57 Å². The fraction of sp³-hybridized carbons (Fsp3) is 0.741. The van der Waals surface area contributed by atoms with Gasteiger partial charge in [-0.05, 0) is 89.4 Å². The Morgan fingerprint density at radius 1 is 1.15 bits per heavy atom. The minimum absolute atomic E-state index is 0.0268. The van der Waals surface area contributed by atoms with Crippen LogP contribution in [0.3, 0.4) is 0 Å². The second-order valence-electron chi connectivity index (χ2n) is 13.1. The van der Waals surface area contributed by atoms with Gasteiger partial charge in [0.15, 0.2) is 12.0 Å². The van der Waals surface area contributed by atoms with Crippen LogP contribution in [0.15, 0.2) is 12.5 Å². The van der Waals surface area contributed by atoms with Gasteiger partial charge in [-0.3, -0.25) is 4.90 Å². The third-order valence-corrected chi connectivity index (χ3v) is 9.92.